The summed E-state index contributed by atoms with van der Waals surface area (Å²) in [5.74, 6) is 0.102. The molecule has 2 heterocycles. The Bertz CT molecular complexity index is 369. The van der Waals surface area contributed by atoms with E-state index >= 15 is 0 Å². The Hall–Kier alpha value is -0.540. The van der Waals surface area contributed by atoms with E-state index in [1.165, 1.54) is 30.6 Å². The number of hydrogen-bond donors (Lipinski definition) is 0. The smallest absolute Gasteiger partial charge is 0.169 e. The minimum absolute atomic E-state index is 0.102. The lowest BCUT2D eigenvalue weighted by Crippen LogP contribution is -2.28. The topological polar surface area (TPSA) is 20.3 Å². The number of thiophene rings is 1. The van der Waals surface area contributed by atoms with Crippen LogP contribution in [0, 0.1) is 0 Å². The Balaban J connectivity index is 2.22. The third kappa shape index (κ3) is 2.34. The maximum atomic E-state index is 11.2. The number of rotatable bonds is 2. The molecule has 0 atom stereocenters. The van der Waals surface area contributed by atoms with Crippen molar-refractivity contribution in [3.05, 3.63) is 16.0 Å². The molecule has 1 saturated heterocycles. The average molecular weight is 244 g/mol. The first-order valence-corrected chi connectivity index (χ1v) is 6.43. The molecule has 4 heteroatoms. The second-order valence-corrected chi connectivity index (χ2v) is 5.31. The summed E-state index contributed by atoms with van der Waals surface area (Å²) < 4.78 is 0. The highest BCUT2D eigenvalue weighted by Crippen LogP contribution is 2.36. The van der Waals surface area contributed by atoms with E-state index in [1.807, 2.05) is 0 Å². The molecule has 1 fully saturated rings. The van der Waals surface area contributed by atoms with Crippen LogP contribution in [0.15, 0.2) is 6.07 Å². The Labute approximate surface area is 98.8 Å². The lowest BCUT2D eigenvalue weighted by atomic mass is 10.1. The van der Waals surface area contributed by atoms with Gasteiger partial charge in [0, 0.05) is 13.1 Å². The van der Waals surface area contributed by atoms with Gasteiger partial charge in [-0.3, -0.25) is 4.79 Å². The van der Waals surface area contributed by atoms with Crippen molar-refractivity contribution >= 4 is 33.7 Å². The highest BCUT2D eigenvalue weighted by molar-refractivity contribution is 7.18. The molecule has 0 spiro atoms. The Morgan fingerprint density at radius 2 is 2.07 bits per heavy atom. The zero-order valence-corrected chi connectivity index (χ0v) is 10.3. The molecule has 2 nitrogen and oxygen atoms in total. The third-order valence-corrected chi connectivity index (χ3v) is 4.36. The van der Waals surface area contributed by atoms with Crippen LogP contribution in [0.1, 0.15) is 35.9 Å². The average Bonchev–Trinajstić information content (AvgIpc) is 2.62. The predicted molar refractivity (Wildman–Crippen MR) is 65.4 cm³/mol. The van der Waals surface area contributed by atoms with Crippen LogP contribution in [0.4, 0.5) is 5.00 Å². The second-order valence-electron chi connectivity index (χ2n) is 3.87. The number of nitrogens with zero attached hydrogens (tertiary/aromatic N) is 1. The number of Topliss-reactive ketones (excluding diaryl/α,β-unsaturated/α-hetero) is 1. The molecule has 0 amide bonds. The minimum Gasteiger partial charge on any atom is -0.362 e. The first kappa shape index (κ1) is 11.0. The summed E-state index contributed by atoms with van der Waals surface area (Å²) in [6, 6.07) is 1.79. The molecule has 1 aliphatic heterocycles. The standard InChI is InChI=1S/C11H14ClNOS/c1-8(14)10-7-9(12)11(15-10)13-5-3-2-4-6-13/h7H,2-6H2,1H3. The minimum atomic E-state index is 0.102. The molecule has 1 aromatic rings. The van der Waals surface area contributed by atoms with Crippen molar-refractivity contribution in [2.45, 2.75) is 26.2 Å². The third-order valence-electron chi connectivity index (χ3n) is 2.66. The molecule has 0 radical (unpaired) electrons. The summed E-state index contributed by atoms with van der Waals surface area (Å²) in [6.45, 7) is 3.72. The summed E-state index contributed by atoms with van der Waals surface area (Å²) in [5.41, 5.74) is 0. The van der Waals surface area contributed by atoms with Crippen molar-refractivity contribution in [3.8, 4) is 0 Å². The van der Waals surface area contributed by atoms with E-state index in [1.54, 1.807) is 13.0 Å². The quantitative estimate of drug-likeness (QED) is 0.740. The van der Waals surface area contributed by atoms with Crippen molar-refractivity contribution in [2.24, 2.45) is 0 Å². The zero-order chi connectivity index (χ0) is 10.8. The molecule has 82 valence electrons. The number of carbonyl (C=O) groups is 1. The summed E-state index contributed by atoms with van der Waals surface area (Å²) in [6.07, 6.45) is 3.76. The van der Waals surface area contributed by atoms with E-state index in [9.17, 15) is 4.79 Å². The maximum absolute atomic E-state index is 11.2. The normalized spacial score (nSPS) is 16.8. The lowest BCUT2D eigenvalue weighted by Gasteiger charge is -2.27. The predicted octanol–water partition coefficient (Wildman–Crippen LogP) is 3.59. The molecule has 0 unspecified atom stereocenters. The molecule has 0 bridgehead atoms. The fourth-order valence-corrected chi connectivity index (χ4v) is 3.25. The molecule has 0 N–H and O–H groups in total. The van der Waals surface area contributed by atoms with Gasteiger partial charge in [-0.1, -0.05) is 11.6 Å². The van der Waals surface area contributed by atoms with Gasteiger partial charge >= 0.3 is 0 Å². The monoisotopic (exact) mass is 243 g/mol. The summed E-state index contributed by atoms with van der Waals surface area (Å²) in [4.78, 5) is 14.3. The lowest BCUT2D eigenvalue weighted by molar-refractivity contribution is 0.102. The van der Waals surface area contributed by atoms with E-state index in [2.05, 4.69) is 4.90 Å². The van der Waals surface area contributed by atoms with Gasteiger partial charge in [0.25, 0.3) is 0 Å². The number of anilines is 1. The number of hydrogen-bond acceptors (Lipinski definition) is 3. The van der Waals surface area contributed by atoms with Gasteiger partial charge < -0.3 is 4.90 Å². The molecule has 0 saturated carbocycles. The Kier molecular flexibility index (Phi) is 3.32. The van der Waals surface area contributed by atoms with Gasteiger partial charge in [0.2, 0.25) is 0 Å². The van der Waals surface area contributed by atoms with Crippen LogP contribution in [0.5, 0.6) is 0 Å². The molecule has 2 rings (SSSR count). The van der Waals surface area contributed by atoms with Gasteiger partial charge in [-0.15, -0.1) is 11.3 Å². The number of carbonyl (C=O) groups excluding carboxylic acids is 1. The van der Waals surface area contributed by atoms with Crippen molar-refractivity contribution in [3.63, 3.8) is 0 Å². The van der Waals surface area contributed by atoms with E-state index in [-0.39, 0.29) is 5.78 Å². The number of halogens is 1. The van der Waals surface area contributed by atoms with Crippen LogP contribution < -0.4 is 4.90 Å². The van der Waals surface area contributed by atoms with Gasteiger partial charge in [-0.2, -0.15) is 0 Å². The Morgan fingerprint density at radius 1 is 1.40 bits per heavy atom. The molecular weight excluding hydrogens is 230 g/mol. The van der Waals surface area contributed by atoms with Crippen molar-refractivity contribution in [1.82, 2.24) is 0 Å². The first-order valence-electron chi connectivity index (χ1n) is 5.23. The van der Waals surface area contributed by atoms with Crippen molar-refractivity contribution in [2.75, 3.05) is 18.0 Å². The zero-order valence-electron chi connectivity index (χ0n) is 8.75. The van der Waals surface area contributed by atoms with Gasteiger partial charge in [-0.25, -0.2) is 0 Å². The van der Waals surface area contributed by atoms with Gasteiger partial charge in [0.1, 0.15) is 5.00 Å². The fourth-order valence-electron chi connectivity index (χ4n) is 1.85. The fraction of sp³-hybridized carbons (Fsp3) is 0.545. The summed E-state index contributed by atoms with van der Waals surface area (Å²) >= 11 is 7.66. The van der Waals surface area contributed by atoms with Crippen LogP contribution in [0.25, 0.3) is 0 Å². The number of ketones is 1. The second kappa shape index (κ2) is 4.54. The molecule has 1 aliphatic rings. The van der Waals surface area contributed by atoms with Crippen LogP contribution >= 0.6 is 22.9 Å². The van der Waals surface area contributed by atoms with Gasteiger partial charge in [0.15, 0.2) is 5.78 Å². The van der Waals surface area contributed by atoms with Crippen LogP contribution in [0.2, 0.25) is 5.02 Å². The molecule has 1 aromatic heterocycles. The SMILES string of the molecule is CC(=O)c1cc(Cl)c(N2CCCCC2)s1. The Morgan fingerprint density at radius 3 is 2.60 bits per heavy atom. The van der Waals surface area contributed by atoms with Gasteiger partial charge in [-0.05, 0) is 32.3 Å². The van der Waals surface area contributed by atoms with E-state index in [0.717, 1.165) is 28.0 Å². The van der Waals surface area contributed by atoms with Crippen LogP contribution in [-0.4, -0.2) is 18.9 Å². The number of piperidine rings is 1. The van der Waals surface area contributed by atoms with E-state index in [4.69, 9.17) is 11.6 Å². The molecule has 15 heavy (non-hydrogen) atoms. The van der Waals surface area contributed by atoms with Crippen molar-refractivity contribution in [1.29, 1.82) is 0 Å². The van der Waals surface area contributed by atoms with Gasteiger partial charge in [0.05, 0.1) is 9.90 Å². The van der Waals surface area contributed by atoms with Crippen molar-refractivity contribution < 1.29 is 4.79 Å². The largest absolute Gasteiger partial charge is 0.362 e. The summed E-state index contributed by atoms with van der Waals surface area (Å²) in [7, 11) is 0. The maximum Gasteiger partial charge on any atom is 0.169 e. The summed E-state index contributed by atoms with van der Waals surface area (Å²) in [5, 5.41) is 1.80. The first-order chi connectivity index (χ1) is 7.18. The van der Waals surface area contributed by atoms with Crippen LogP contribution in [-0.2, 0) is 0 Å². The van der Waals surface area contributed by atoms with Crippen LogP contribution in [0.3, 0.4) is 0 Å². The molecular formula is C11H14ClNOS. The highest BCUT2D eigenvalue weighted by Gasteiger charge is 2.18. The molecule has 0 aromatic carbocycles. The molecule has 0 aliphatic carbocycles. The highest BCUT2D eigenvalue weighted by atomic mass is 35.5. The van der Waals surface area contributed by atoms with E-state index < -0.39 is 0 Å². The van der Waals surface area contributed by atoms with E-state index in [0.29, 0.717) is 0 Å².